The molecule has 0 saturated heterocycles. The van der Waals surface area contributed by atoms with Gasteiger partial charge in [-0.05, 0) is 30.3 Å². The number of hydrogen-bond acceptors (Lipinski definition) is 4. The van der Waals surface area contributed by atoms with Crippen molar-refractivity contribution < 1.29 is 0 Å². The Bertz CT molecular complexity index is 2090. The first kappa shape index (κ1) is 22.4. The van der Waals surface area contributed by atoms with E-state index in [1.54, 1.807) is 0 Å². The number of pyridine rings is 1. The third-order valence-electron chi connectivity index (χ3n) is 7.23. The van der Waals surface area contributed by atoms with E-state index < -0.39 is 0 Å². The predicted molar refractivity (Wildman–Crippen MR) is 160 cm³/mol. The fourth-order valence-corrected chi connectivity index (χ4v) is 5.49. The summed E-state index contributed by atoms with van der Waals surface area (Å²) in [7, 11) is 0. The summed E-state index contributed by atoms with van der Waals surface area (Å²) < 4.78 is 4.41. The minimum Gasteiger partial charge on any atom is -0.295 e. The summed E-state index contributed by atoms with van der Waals surface area (Å²) in [5, 5.41) is 2.20. The first-order valence-corrected chi connectivity index (χ1v) is 13.2. The lowest BCUT2D eigenvalue weighted by Gasteiger charge is -2.13. The van der Waals surface area contributed by atoms with Crippen LogP contribution in [0.25, 0.3) is 67.4 Å². The Morgan fingerprint density at radius 3 is 1.73 bits per heavy atom. The molecular formula is C34H22N6. The topological polar surface area (TPSA) is 61.4 Å². The third kappa shape index (κ3) is 3.43. The van der Waals surface area contributed by atoms with Crippen LogP contribution in [0.5, 0.6) is 0 Å². The second kappa shape index (κ2) is 8.99. The van der Waals surface area contributed by atoms with Crippen LogP contribution in [0.4, 0.5) is 0 Å². The highest BCUT2D eigenvalue weighted by Gasteiger charge is 2.24. The Kier molecular flexibility index (Phi) is 5.03. The maximum atomic E-state index is 5.08. The van der Waals surface area contributed by atoms with Crippen LogP contribution in [0.1, 0.15) is 0 Å². The van der Waals surface area contributed by atoms with Crippen LogP contribution in [-0.2, 0) is 0 Å². The highest BCUT2D eigenvalue weighted by molar-refractivity contribution is 6.21. The molecule has 40 heavy (non-hydrogen) atoms. The Hall–Kier alpha value is -5.62. The number of aromatic nitrogens is 6. The number of benzene rings is 4. The number of fused-ring (bicyclic) bond motifs is 5. The molecule has 8 aromatic rings. The summed E-state index contributed by atoms with van der Waals surface area (Å²) >= 11 is 0. The van der Waals surface area contributed by atoms with Crippen molar-refractivity contribution in [1.29, 1.82) is 0 Å². The highest BCUT2D eigenvalue weighted by atomic mass is 15.2. The number of nitrogens with zero attached hydrogens (tertiary/aromatic N) is 6. The van der Waals surface area contributed by atoms with Crippen molar-refractivity contribution in [3.8, 4) is 34.4 Å². The molecule has 4 aromatic heterocycles. The van der Waals surface area contributed by atoms with E-state index in [1.807, 2.05) is 79.0 Å². The number of para-hydroxylation sites is 2. The molecule has 0 amide bonds. The van der Waals surface area contributed by atoms with E-state index in [2.05, 4.69) is 63.7 Å². The van der Waals surface area contributed by atoms with Gasteiger partial charge in [0.25, 0.3) is 0 Å². The summed E-state index contributed by atoms with van der Waals surface area (Å²) in [5.41, 5.74) is 6.82. The van der Waals surface area contributed by atoms with Gasteiger partial charge in [0.15, 0.2) is 11.6 Å². The van der Waals surface area contributed by atoms with E-state index in [9.17, 15) is 0 Å². The molecule has 0 unspecified atom stereocenters. The van der Waals surface area contributed by atoms with E-state index in [-0.39, 0.29) is 0 Å². The van der Waals surface area contributed by atoms with E-state index in [0.29, 0.717) is 17.6 Å². The molecule has 188 valence electrons. The van der Waals surface area contributed by atoms with Crippen molar-refractivity contribution in [1.82, 2.24) is 29.1 Å². The summed E-state index contributed by atoms with van der Waals surface area (Å²) in [6.07, 6.45) is 1.85. The Morgan fingerprint density at radius 1 is 0.475 bits per heavy atom. The smallest absolute Gasteiger partial charge is 0.240 e. The standard InChI is InChI=1S/C34H22N6/c1-4-13-23(14-5-1)31-36-32(24-15-6-2-7-16-24)38-34(37-31)40-28-21-12-22-35-30(28)29-26-19-10-11-20-27(26)39(33(29)40)25-17-8-3-9-18-25/h1-22H. The van der Waals surface area contributed by atoms with Crippen LogP contribution in [0, 0.1) is 0 Å². The van der Waals surface area contributed by atoms with Crippen LogP contribution in [0.3, 0.4) is 0 Å². The Morgan fingerprint density at radius 2 is 1.05 bits per heavy atom. The van der Waals surface area contributed by atoms with Gasteiger partial charge in [-0.15, -0.1) is 0 Å². The summed E-state index contributed by atoms with van der Waals surface area (Å²) in [4.78, 5) is 19.9. The largest absolute Gasteiger partial charge is 0.295 e. The quantitative estimate of drug-likeness (QED) is 0.242. The monoisotopic (exact) mass is 514 g/mol. The van der Waals surface area contributed by atoms with Crippen molar-refractivity contribution >= 4 is 33.0 Å². The minimum atomic E-state index is 0.542. The molecule has 0 N–H and O–H groups in total. The van der Waals surface area contributed by atoms with Crippen LogP contribution in [-0.4, -0.2) is 29.1 Å². The lowest BCUT2D eigenvalue weighted by atomic mass is 10.2. The Balaban J connectivity index is 1.54. The number of hydrogen-bond donors (Lipinski definition) is 0. The molecule has 0 aliphatic heterocycles. The van der Waals surface area contributed by atoms with Crippen LogP contribution < -0.4 is 0 Å². The maximum Gasteiger partial charge on any atom is 0.240 e. The molecule has 0 atom stereocenters. The second-order valence-corrected chi connectivity index (χ2v) is 9.61. The zero-order chi connectivity index (χ0) is 26.5. The van der Waals surface area contributed by atoms with Crippen molar-refractivity contribution in [2.45, 2.75) is 0 Å². The van der Waals surface area contributed by atoms with Gasteiger partial charge in [-0.2, -0.15) is 9.97 Å². The van der Waals surface area contributed by atoms with E-state index in [4.69, 9.17) is 19.9 Å². The molecule has 8 rings (SSSR count). The van der Waals surface area contributed by atoms with Crippen LogP contribution in [0.15, 0.2) is 134 Å². The number of rotatable bonds is 4. The fraction of sp³-hybridized carbons (Fsp3) is 0. The van der Waals surface area contributed by atoms with Crippen molar-refractivity contribution in [3.05, 3.63) is 134 Å². The summed E-state index contributed by atoms with van der Waals surface area (Å²) in [6.45, 7) is 0. The molecule has 0 spiro atoms. The van der Waals surface area contributed by atoms with E-state index in [1.165, 1.54) is 0 Å². The van der Waals surface area contributed by atoms with Gasteiger partial charge in [0, 0.05) is 28.4 Å². The molecule has 0 aliphatic rings. The Labute approximate surface area is 229 Å². The van der Waals surface area contributed by atoms with Gasteiger partial charge in [0.2, 0.25) is 5.95 Å². The van der Waals surface area contributed by atoms with Gasteiger partial charge < -0.3 is 0 Å². The van der Waals surface area contributed by atoms with E-state index >= 15 is 0 Å². The van der Waals surface area contributed by atoms with Gasteiger partial charge in [-0.3, -0.25) is 14.1 Å². The zero-order valence-corrected chi connectivity index (χ0v) is 21.4. The van der Waals surface area contributed by atoms with Gasteiger partial charge in [0.05, 0.1) is 21.9 Å². The molecule has 4 aromatic carbocycles. The minimum absolute atomic E-state index is 0.542. The predicted octanol–water partition coefficient (Wildman–Crippen LogP) is 7.64. The molecule has 0 radical (unpaired) electrons. The molecule has 0 aliphatic carbocycles. The highest BCUT2D eigenvalue weighted by Crippen LogP contribution is 2.39. The van der Waals surface area contributed by atoms with Crippen LogP contribution >= 0.6 is 0 Å². The van der Waals surface area contributed by atoms with E-state index in [0.717, 1.165) is 49.8 Å². The average molecular weight is 515 g/mol. The van der Waals surface area contributed by atoms with Crippen molar-refractivity contribution in [2.24, 2.45) is 0 Å². The lowest BCUT2D eigenvalue weighted by Crippen LogP contribution is -2.08. The first-order valence-electron chi connectivity index (χ1n) is 13.2. The zero-order valence-electron chi connectivity index (χ0n) is 21.4. The van der Waals surface area contributed by atoms with Gasteiger partial charge in [-0.25, -0.2) is 4.98 Å². The molecular weight excluding hydrogens is 492 g/mol. The van der Waals surface area contributed by atoms with Crippen molar-refractivity contribution in [3.63, 3.8) is 0 Å². The maximum absolute atomic E-state index is 5.08. The van der Waals surface area contributed by atoms with Gasteiger partial charge in [0.1, 0.15) is 5.65 Å². The molecule has 6 nitrogen and oxygen atoms in total. The van der Waals surface area contributed by atoms with Gasteiger partial charge in [-0.1, -0.05) is 97.1 Å². The van der Waals surface area contributed by atoms with Crippen LogP contribution in [0.2, 0.25) is 0 Å². The SMILES string of the molecule is c1ccc(-c2nc(-c3ccccc3)nc(-n3c4cccnc4c4c5ccccc5n(-c5ccccc5)c43)n2)cc1. The van der Waals surface area contributed by atoms with Crippen molar-refractivity contribution in [2.75, 3.05) is 0 Å². The molecule has 0 fully saturated rings. The molecule has 4 heterocycles. The molecule has 0 saturated carbocycles. The second-order valence-electron chi connectivity index (χ2n) is 9.61. The lowest BCUT2D eigenvalue weighted by molar-refractivity contribution is 0.932. The fourth-order valence-electron chi connectivity index (χ4n) is 5.49. The molecule has 6 heteroatoms. The summed E-state index contributed by atoms with van der Waals surface area (Å²) in [5.74, 6) is 1.78. The molecule has 0 bridgehead atoms. The van der Waals surface area contributed by atoms with Gasteiger partial charge >= 0.3 is 0 Å². The third-order valence-corrected chi connectivity index (χ3v) is 7.23. The summed E-state index contributed by atoms with van der Waals surface area (Å²) in [6, 6.07) is 43.0. The average Bonchev–Trinajstić information content (AvgIpc) is 3.55. The first-order chi connectivity index (χ1) is 19.9. The normalized spacial score (nSPS) is 11.5.